The Morgan fingerprint density at radius 1 is 1.29 bits per heavy atom. The third-order valence-corrected chi connectivity index (χ3v) is 4.33. The van der Waals surface area contributed by atoms with Crippen LogP contribution in [0.1, 0.15) is 24.8 Å². The molecular formula is C17H25N3O. The molecule has 1 saturated carbocycles. The highest BCUT2D eigenvalue weighted by molar-refractivity contribution is 5.77. The van der Waals surface area contributed by atoms with E-state index in [0.29, 0.717) is 6.54 Å². The molecule has 1 fully saturated rings. The summed E-state index contributed by atoms with van der Waals surface area (Å²) in [4.78, 5) is 14.1. The molecule has 1 aromatic rings. The Kier molecular flexibility index (Phi) is 4.76. The molecule has 1 aliphatic heterocycles. The van der Waals surface area contributed by atoms with Crippen LogP contribution in [0.5, 0.6) is 0 Å². The minimum absolute atomic E-state index is 0.123. The number of benzene rings is 1. The largest absolute Gasteiger partial charge is 0.371 e. The van der Waals surface area contributed by atoms with Gasteiger partial charge < -0.3 is 15.5 Å². The summed E-state index contributed by atoms with van der Waals surface area (Å²) in [5, 5.41) is 6.22. The summed E-state index contributed by atoms with van der Waals surface area (Å²) in [7, 11) is 0. The summed E-state index contributed by atoms with van der Waals surface area (Å²) < 4.78 is 0. The van der Waals surface area contributed by atoms with Crippen LogP contribution in [0, 0.1) is 5.92 Å². The fourth-order valence-corrected chi connectivity index (χ4v) is 2.91. The van der Waals surface area contributed by atoms with E-state index in [1.54, 1.807) is 0 Å². The zero-order valence-corrected chi connectivity index (χ0v) is 12.6. The van der Waals surface area contributed by atoms with Gasteiger partial charge in [-0.05, 0) is 49.8 Å². The molecule has 4 heteroatoms. The van der Waals surface area contributed by atoms with Crippen molar-refractivity contribution in [1.82, 2.24) is 10.6 Å². The molecular weight excluding hydrogens is 262 g/mol. The standard InChI is InChI=1S/C17H25N3O/c21-17(13-18-12-14-6-7-14)19-9-3-10-20-11-8-15-4-1-2-5-16(15)20/h1-2,4-5,14,18H,3,6-13H2,(H,19,21). The lowest BCUT2D eigenvalue weighted by Crippen LogP contribution is -2.36. The van der Waals surface area contributed by atoms with Gasteiger partial charge in [-0.3, -0.25) is 4.79 Å². The number of anilines is 1. The zero-order valence-electron chi connectivity index (χ0n) is 12.6. The molecule has 1 aromatic carbocycles. The molecule has 1 aliphatic carbocycles. The van der Waals surface area contributed by atoms with Gasteiger partial charge in [-0.2, -0.15) is 0 Å². The molecule has 21 heavy (non-hydrogen) atoms. The third-order valence-electron chi connectivity index (χ3n) is 4.33. The van der Waals surface area contributed by atoms with Crippen molar-refractivity contribution in [2.24, 2.45) is 5.92 Å². The van der Waals surface area contributed by atoms with E-state index in [2.05, 4.69) is 39.8 Å². The smallest absolute Gasteiger partial charge is 0.233 e. The van der Waals surface area contributed by atoms with Crippen LogP contribution in [0.2, 0.25) is 0 Å². The Bertz CT molecular complexity index is 485. The maximum atomic E-state index is 11.7. The first-order valence-corrected chi connectivity index (χ1v) is 8.13. The second-order valence-corrected chi connectivity index (χ2v) is 6.14. The topological polar surface area (TPSA) is 44.4 Å². The molecule has 1 amide bonds. The molecule has 4 nitrogen and oxygen atoms in total. The fourth-order valence-electron chi connectivity index (χ4n) is 2.91. The highest BCUT2D eigenvalue weighted by Gasteiger charge is 2.20. The number of hydrogen-bond donors (Lipinski definition) is 2. The Morgan fingerprint density at radius 2 is 2.14 bits per heavy atom. The first-order chi connectivity index (χ1) is 10.3. The molecule has 0 aromatic heterocycles. The summed E-state index contributed by atoms with van der Waals surface area (Å²) in [5.41, 5.74) is 2.82. The van der Waals surface area contributed by atoms with E-state index in [-0.39, 0.29) is 5.91 Å². The van der Waals surface area contributed by atoms with Gasteiger partial charge in [-0.15, -0.1) is 0 Å². The van der Waals surface area contributed by atoms with Gasteiger partial charge in [0, 0.05) is 25.3 Å². The lowest BCUT2D eigenvalue weighted by Gasteiger charge is -2.19. The number of amides is 1. The van der Waals surface area contributed by atoms with E-state index < -0.39 is 0 Å². The van der Waals surface area contributed by atoms with Crippen LogP contribution in [0.15, 0.2) is 24.3 Å². The van der Waals surface area contributed by atoms with Gasteiger partial charge in [0.15, 0.2) is 0 Å². The van der Waals surface area contributed by atoms with Crippen molar-refractivity contribution >= 4 is 11.6 Å². The highest BCUT2D eigenvalue weighted by atomic mass is 16.1. The summed E-state index contributed by atoms with van der Waals surface area (Å²) in [5.74, 6) is 0.950. The Morgan fingerprint density at radius 3 is 3.00 bits per heavy atom. The van der Waals surface area contributed by atoms with Crippen LogP contribution in [0.25, 0.3) is 0 Å². The van der Waals surface area contributed by atoms with Crippen LogP contribution >= 0.6 is 0 Å². The van der Waals surface area contributed by atoms with Gasteiger partial charge in [0.25, 0.3) is 0 Å². The predicted molar refractivity (Wildman–Crippen MR) is 85.6 cm³/mol. The second kappa shape index (κ2) is 6.94. The molecule has 3 rings (SSSR count). The molecule has 0 unspecified atom stereocenters. The SMILES string of the molecule is O=C(CNCC1CC1)NCCCN1CCc2ccccc21. The van der Waals surface area contributed by atoms with Gasteiger partial charge >= 0.3 is 0 Å². The monoisotopic (exact) mass is 287 g/mol. The van der Waals surface area contributed by atoms with Crippen molar-refractivity contribution in [3.63, 3.8) is 0 Å². The summed E-state index contributed by atoms with van der Waals surface area (Å²) >= 11 is 0. The minimum atomic E-state index is 0.123. The van der Waals surface area contributed by atoms with E-state index >= 15 is 0 Å². The number of carbonyl (C=O) groups excluding carboxylic acids is 1. The number of nitrogens with one attached hydrogen (secondary N) is 2. The number of nitrogens with zero attached hydrogens (tertiary/aromatic N) is 1. The van der Waals surface area contributed by atoms with Crippen LogP contribution in [-0.2, 0) is 11.2 Å². The second-order valence-electron chi connectivity index (χ2n) is 6.14. The minimum Gasteiger partial charge on any atom is -0.371 e. The van der Waals surface area contributed by atoms with Crippen LogP contribution in [0.4, 0.5) is 5.69 Å². The lowest BCUT2D eigenvalue weighted by atomic mass is 10.2. The van der Waals surface area contributed by atoms with Gasteiger partial charge in [0.05, 0.1) is 6.54 Å². The first kappa shape index (κ1) is 14.4. The molecule has 0 bridgehead atoms. The number of hydrogen-bond acceptors (Lipinski definition) is 3. The number of fused-ring (bicyclic) bond motifs is 1. The summed E-state index contributed by atoms with van der Waals surface area (Å²) in [6, 6.07) is 8.62. The Labute approximate surface area is 126 Å². The Hall–Kier alpha value is -1.55. The summed E-state index contributed by atoms with van der Waals surface area (Å²) in [6.07, 6.45) is 4.80. The highest BCUT2D eigenvalue weighted by Crippen LogP contribution is 2.27. The van der Waals surface area contributed by atoms with Crippen molar-refractivity contribution in [2.45, 2.75) is 25.7 Å². The van der Waals surface area contributed by atoms with Crippen molar-refractivity contribution in [1.29, 1.82) is 0 Å². The van der Waals surface area contributed by atoms with Crippen LogP contribution < -0.4 is 15.5 Å². The molecule has 1 heterocycles. The number of carbonyl (C=O) groups is 1. The fraction of sp³-hybridized carbons (Fsp3) is 0.588. The first-order valence-electron chi connectivity index (χ1n) is 8.13. The molecule has 0 atom stereocenters. The predicted octanol–water partition coefficient (Wildman–Crippen LogP) is 1.56. The quantitative estimate of drug-likeness (QED) is 0.713. The maximum Gasteiger partial charge on any atom is 0.233 e. The number of para-hydroxylation sites is 1. The molecule has 114 valence electrons. The molecule has 0 saturated heterocycles. The summed E-state index contributed by atoms with van der Waals surface area (Å²) in [6.45, 7) is 4.35. The molecule has 0 spiro atoms. The normalized spacial score (nSPS) is 16.9. The van der Waals surface area contributed by atoms with Crippen molar-refractivity contribution < 1.29 is 4.79 Å². The molecule has 2 aliphatic rings. The van der Waals surface area contributed by atoms with Crippen molar-refractivity contribution in [3.8, 4) is 0 Å². The van der Waals surface area contributed by atoms with Crippen molar-refractivity contribution in [3.05, 3.63) is 29.8 Å². The van der Waals surface area contributed by atoms with Crippen LogP contribution in [0.3, 0.4) is 0 Å². The van der Waals surface area contributed by atoms with Gasteiger partial charge in [-0.25, -0.2) is 0 Å². The third kappa shape index (κ3) is 4.21. The van der Waals surface area contributed by atoms with E-state index in [0.717, 1.165) is 44.9 Å². The lowest BCUT2D eigenvalue weighted by molar-refractivity contribution is -0.120. The number of rotatable bonds is 8. The average Bonchev–Trinajstić information content (AvgIpc) is 3.23. The maximum absolute atomic E-state index is 11.7. The van der Waals surface area contributed by atoms with Crippen LogP contribution in [-0.4, -0.2) is 38.6 Å². The van der Waals surface area contributed by atoms with E-state index in [9.17, 15) is 4.79 Å². The van der Waals surface area contributed by atoms with Gasteiger partial charge in [0.2, 0.25) is 5.91 Å². The van der Waals surface area contributed by atoms with Gasteiger partial charge in [-0.1, -0.05) is 18.2 Å². The van der Waals surface area contributed by atoms with Gasteiger partial charge in [0.1, 0.15) is 0 Å². The average molecular weight is 287 g/mol. The van der Waals surface area contributed by atoms with Crippen molar-refractivity contribution in [2.75, 3.05) is 37.6 Å². The van der Waals surface area contributed by atoms with E-state index in [1.165, 1.54) is 24.1 Å². The molecule has 2 N–H and O–H groups in total. The Balaban J connectivity index is 1.29. The zero-order chi connectivity index (χ0) is 14.5. The molecule has 0 radical (unpaired) electrons. The van der Waals surface area contributed by atoms with E-state index in [1.807, 2.05) is 0 Å². The van der Waals surface area contributed by atoms with E-state index in [4.69, 9.17) is 0 Å².